The van der Waals surface area contributed by atoms with Gasteiger partial charge in [-0.15, -0.1) is 0 Å². The van der Waals surface area contributed by atoms with Crippen LogP contribution in [-0.4, -0.2) is 31.9 Å². The van der Waals surface area contributed by atoms with Crippen molar-refractivity contribution in [3.05, 3.63) is 106 Å². The summed E-state index contributed by atoms with van der Waals surface area (Å²) in [5.74, 6) is 0.439. The van der Waals surface area contributed by atoms with E-state index in [4.69, 9.17) is 14.2 Å². The molecule has 0 unspecified atom stereocenters. The number of hydrogen-bond acceptors (Lipinski definition) is 4. The molecule has 0 saturated carbocycles. The monoisotopic (exact) mass is 534 g/mol. The Morgan fingerprint density at radius 3 is 2.23 bits per heavy atom. The summed E-state index contributed by atoms with van der Waals surface area (Å²) in [4.78, 5) is 12.1. The Labute approximate surface area is 216 Å². The van der Waals surface area contributed by atoms with Crippen molar-refractivity contribution in [1.29, 1.82) is 0 Å². The Morgan fingerprint density at radius 2 is 1.54 bits per heavy atom. The van der Waals surface area contributed by atoms with Gasteiger partial charge in [-0.3, -0.25) is 0 Å². The highest BCUT2D eigenvalue weighted by molar-refractivity contribution is 9.10. The van der Waals surface area contributed by atoms with E-state index in [0.717, 1.165) is 26.9 Å². The lowest BCUT2D eigenvalue weighted by Gasteiger charge is -2.15. The molecule has 0 heterocycles. The number of esters is 1. The minimum Gasteiger partial charge on any atom is -0.490 e. The summed E-state index contributed by atoms with van der Waals surface area (Å²) < 4.78 is 17.5. The highest BCUT2D eigenvalue weighted by Gasteiger charge is 2.20. The first-order valence-corrected chi connectivity index (χ1v) is 12.6. The summed E-state index contributed by atoms with van der Waals surface area (Å²) in [7, 11) is 0. The topological polar surface area (TPSA) is 44.8 Å². The molecule has 5 heteroatoms. The number of ether oxygens (including phenoxy) is 3. The molecule has 0 saturated heterocycles. The lowest BCUT2D eigenvalue weighted by atomic mass is 10.1. The van der Waals surface area contributed by atoms with Crippen molar-refractivity contribution < 1.29 is 19.0 Å². The molecule has 0 spiro atoms. The zero-order valence-corrected chi connectivity index (χ0v) is 21.7. The minimum absolute atomic E-state index is 0.328. The summed E-state index contributed by atoms with van der Waals surface area (Å²) in [6.45, 7) is 4.91. The molecule has 182 valence electrons. The maximum absolute atomic E-state index is 12.1. The van der Waals surface area contributed by atoms with Crippen LogP contribution in [0.4, 0.5) is 0 Å². The van der Waals surface area contributed by atoms with Gasteiger partial charge in [0.15, 0.2) is 6.10 Å². The zero-order chi connectivity index (χ0) is 24.9. The summed E-state index contributed by atoms with van der Waals surface area (Å²) in [6.07, 6.45) is 8.12. The Hall–Kier alpha value is -3.15. The van der Waals surface area contributed by atoms with Crippen LogP contribution in [0.1, 0.15) is 36.1 Å². The smallest absolute Gasteiger partial charge is 0.335 e. The predicted molar refractivity (Wildman–Crippen MR) is 146 cm³/mol. The molecule has 3 aromatic carbocycles. The van der Waals surface area contributed by atoms with Crippen LogP contribution in [-0.2, 0) is 20.7 Å². The van der Waals surface area contributed by atoms with Crippen molar-refractivity contribution in [2.24, 2.45) is 0 Å². The van der Waals surface area contributed by atoms with Crippen LogP contribution >= 0.6 is 15.9 Å². The predicted octanol–water partition coefficient (Wildman–Crippen LogP) is 7.22. The standard InChI is InChI=1S/C30H31BrO4/c1-3-33-29(30(32)34-4-2)22-24-14-16-28(17-15-24)35-18-8-11-25-19-26(21-27(31)20-25)13-12-23-9-6-5-7-10-23/h5-17,19-21,29H,3-4,18,22H2,1-2H3/b11-8+,13-12+/t29-/m0/s1. The lowest BCUT2D eigenvalue weighted by molar-refractivity contribution is -0.156. The fraction of sp³-hybridized carbons (Fsp3) is 0.233. The van der Waals surface area contributed by atoms with Gasteiger partial charge in [0.25, 0.3) is 0 Å². The van der Waals surface area contributed by atoms with Gasteiger partial charge >= 0.3 is 5.97 Å². The molecule has 0 aliphatic rings. The molecule has 0 bridgehead atoms. The average Bonchev–Trinajstić information content (AvgIpc) is 2.86. The third-order valence-corrected chi connectivity index (χ3v) is 5.59. The van der Waals surface area contributed by atoms with E-state index < -0.39 is 6.10 Å². The summed E-state index contributed by atoms with van der Waals surface area (Å²) in [5, 5.41) is 0. The van der Waals surface area contributed by atoms with Crippen LogP contribution in [0, 0.1) is 0 Å². The van der Waals surface area contributed by atoms with Gasteiger partial charge < -0.3 is 14.2 Å². The van der Waals surface area contributed by atoms with Crippen molar-refractivity contribution in [3.8, 4) is 5.75 Å². The Morgan fingerprint density at radius 1 is 0.857 bits per heavy atom. The maximum Gasteiger partial charge on any atom is 0.335 e. The molecular weight excluding hydrogens is 504 g/mol. The first-order valence-electron chi connectivity index (χ1n) is 11.8. The Kier molecular flexibility index (Phi) is 10.8. The number of carbonyl (C=O) groups is 1. The molecule has 0 N–H and O–H groups in total. The highest BCUT2D eigenvalue weighted by Crippen LogP contribution is 2.20. The number of benzene rings is 3. The number of rotatable bonds is 12. The van der Waals surface area contributed by atoms with E-state index in [9.17, 15) is 4.79 Å². The molecule has 0 fully saturated rings. The molecule has 1 atom stereocenters. The quantitative estimate of drug-likeness (QED) is 0.181. The van der Waals surface area contributed by atoms with Crippen molar-refractivity contribution in [3.63, 3.8) is 0 Å². The van der Waals surface area contributed by atoms with Gasteiger partial charge in [0.1, 0.15) is 12.4 Å². The van der Waals surface area contributed by atoms with Crippen molar-refractivity contribution in [2.45, 2.75) is 26.4 Å². The van der Waals surface area contributed by atoms with Gasteiger partial charge in [0.05, 0.1) is 6.61 Å². The number of carbonyl (C=O) groups excluding carboxylic acids is 1. The molecule has 0 aliphatic carbocycles. The van der Waals surface area contributed by atoms with Crippen molar-refractivity contribution in [1.82, 2.24) is 0 Å². The molecule has 3 aromatic rings. The second-order valence-electron chi connectivity index (χ2n) is 7.82. The Balaban J connectivity index is 1.54. The van der Waals surface area contributed by atoms with E-state index in [-0.39, 0.29) is 5.97 Å². The highest BCUT2D eigenvalue weighted by atomic mass is 79.9. The van der Waals surface area contributed by atoms with Gasteiger partial charge in [-0.1, -0.05) is 76.6 Å². The molecular formula is C30H31BrO4. The van der Waals surface area contributed by atoms with E-state index in [0.29, 0.717) is 26.2 Å². The van der Waals surface area contributed by atoms with Gasteiger partial charge in [0.2, 0.25) is 0 Å². The van der Waals surface area contributed by atoms with Crippen molar-refractivity contribution in [2.75, 3.05) is 19.8 Å². The van der Waals surface area contributed by atoms with Crippen LogP contribution in [0.25, 0.3) is 18.2 Å². The second-order valence-corrected chi connectivity index (χ2v) is 8.74. The molecule has 3 rings (SSSR count). The maximum atomic E-state index is 12.1. The van der Waals surface area contributed by atoms with Crippen LogP contribution in [0.15, 0.2) is 83.3 Å². The lowest BCUT2D eigenvalue weighted by Crippen LogP contribution is -2.28. The van der Waals surface area contributed by atoms with Crippen LogP contribution in [0.2, 0.25) is 0 Å². The van der Waals surface area contributed by atoms with Crippen LogP contribution in [0.3, 0.4) is 0 Å². The van der Waals surface area contributed by atoms with E-state index in [2.05, 4.69) is 58.4 Å². The van der Waals surface area contributed by atoms with Crippen LogP contribution < -0.4 is 4.74 Å². The molecule has 4 nitrogen and oxygen atoms in total. The van der Waals surface area contributed by atoms with E-state index in [1.165, 1.54) is 5.56 Å². The largest absolute Gasteiger partial charge is 0.490 e. The molecule has 0 aromatic heterocycles. The number of hydrogen-bond donors (Lipinski definition) is 0. The molecule has 0 radical (unpaired) electrons. The third-order valence-electron chi connectivity index (χ3n) is 5.13. The first kappa shape index (κ1) is 26.5. The van der Waals surface area contributed by atoms with E-state index in [1.54, 1.807) is 6.92 Å². The van der Waals surface area contributed by atoms with E-state index >= 15 is 0 Å². The van der Waals surface area contributed by atoms with Crippen LogP contribution in [0.5, 0.6) is 5.75 Å². The van der Waals surface area contributed by atoms with Gasteiger partial charge in [-0.25, -0.2) is 4.79 Å². The van der Waals surface area contributed by atoms with Gasteiger partial charge in [0, 0.05) is 17.5 Å². The zero-order valence-electron chi connectivity index (χ0n) is 20.2. The number of halogens is 1. The van der Waals surface area contributed by atoms with Gasteiger partial charge in [-0.2, -0.15) is 0 Å². The fourth-order valence-electron chi connectivity index (χ4n) is 3.50. The summed E-state index contributed by atoms with van der Waals surface area (Å²) in [5.41, 5.74) is 4.36. The molecule has 0 amide bonds. The molecule has 0 aliphatic heterocycles. The minimum atomic E-state index is -0.590. The SMILES string of the molecule is CCOC(=O)[C@H](Cc1ccc(OC/C=C/c2cc(Br)cc(/C=C/c3ccccc3)c2)cc1)OCC. The van der Waals surface area contributed by atoms with Crippen molar-refractivity contribution >= 4 is 40.1 Å². The molecule has 35 heavy (non-hydrogen) atoms. The fourth-order valence-corrected chi connectivity index (χ4v) is 4.02. The summed E-state index contributed by atoms with van der Waals surface area (Å²) >= 11 is 3.60. The normalized spacial score (nSPS) is 12.2. The average molecular weight is 535 g/mol. The summed E-state index contributed by atoms with van der Waals surface area (Å²) in [6, 6.07) is 24.2. The second kappa shape index (κ2) is 14.3. The first-order chi connectivity index (χ1) is 17.1. The Bertz CT molecular complexity index is 1120. The van der Waals surface area contributed by atoms with Gasteiger partial charge in [-0.05, 0) is 72.5 Å². The van der Waals surface area contributed by atoms with E-state index in [1.807, 2.05) is 61.5 Å². The third kappa shape index (κ3) is 9.19.